The van der Waals surface area contributed by atoms with Crippen LogP contribution in [-0.4, -0.2) is 45.3 Å². The van der Waals surface area contributed by atoms with Gasteiger partial charge >= 0.3 is 0 Å². The van der Waals surface area contributed by atoms with E-state index in [0.29, 0.717) is 11.5 Å². The van der Waals surface area contributed by atoms with Crippen LogP contribution in [0.5, 0.6) is 11.5 Å². The Balaban J connectivity index is 0.00000144. The largest absolute Gasteiger partial charge is 0.493 e. The molecule has 1 saturated heterocycles. The first-order valence-electron chi connectivity index (χ1n) is 8.09. The zero-order valence-electron chi connectivity index (χ0n) is 14.2. The zero-order valence-corrected chi connectivity index (χ0v) is 15.9. The van der Waals surface area contributed by atoms with Gasteiger partial charge in [0.05, 0.1) is 14.2 Å². The monoisotopic (exact) mass is 380 g/mol. The van der Waals surface area contributed by atoms with Gasteiger partial charge in [-0.05, 0) is 18.4 Å². The number of halogens is 3. The molecule has 1 aliphatic heterocycles. The fourth-order valence-corrected chi connectivity index (χ4v) is 3.26. The van der Waals surface area contributed by atoms with E-state index in [1.165, 1.54) is 26.0 Å². The van der Waals surface area contributed by atoms with Gasteiger partial charge in [0, 0.05) is 43.9 Å². The van der Waals surface area contributed by atoms with Gasteiger partial charge in [-0.3, -0.25) is 4.90 Å². The van der Waals surface area contributed by atoms with Crippen LogP contribution in [-0.2, 0) is 0 Å². The van der Waals surface area contributed by atoms with Crippen LogP contribution in [0.3, 0.4) is 0 Å². The molecule has 2 aliphatic rings. The number of piperazine rings is 1. The summed E-state index contributed by atoms with van der Waals surface area (Å²) < 4.78 is 25.2. The molecule has 2 fully saturated rings. The van der Waals surface area contributed by atoms with Crippen LogP contribution in [0.25, 0.3) is 0 Å². The molecule has 3 rings (SSSR count). The van der Waals surface area contributed by atoms with E-state index in [0.717, 1.165) is 44.1 Å². The van der Waals surface area contributed by atoms with Crippen LogP contribution in [0, 0.1) is 11.7 Å². The lowest BCUT2D eigenvalue weighted by molar-refractivity contribution is 0.157. The molecule has 1 atom stereocenters. The lowest BCUT2D eigenvalue weighted by atomic mass is 9.97. The van der Waals surface area contributed by atoms with Crippen LogP contribution < -0.4 is 14.8 Å². The molecule has 24 heavy (non-hydrogen) atoms. The van der Waals surface area contributed by atoms with Gasteiger partial charge in [-0.25, -0.2) is 4.39 Å². The van der Waals surface area contributed by atoms with E-state index >= 15 is 0 Å². The van der Waals surface area contributed by atoms with Crippen molar-refractivity contribution < 1.29 is 13.9 Å². The van der Waals surface area contributed by atoms with Crippen LogP contribution in [0.4, 0.5) is 4.39 Å². The van der Waals surface area contributed by atoms with E-state index in [2.05, 4.69) is 10.2 Å². The number of nitrogens with one attached hydrogen (secondary N) is 1. The number of benzene rings is 1. The molecule has 0 spiro atoms. The SMILES string of the molecule is COc1cc(F)c([C@@H](CC2CC2)N2CCNCC2)cc1OC.Cl.Cl. The second-order valence-electron chi connectivity index (χ2n) is 6.21. The highest BCUT2D eigenvalue weighted by molar-refractivity contribution is 5.85. The first-order valence-corrected chi connectivity index (χ1v) is 8.09. The molecule has 1 aromatic rings. The molecule has 0 aromatic heterocycles. The second-order valence-corrected chi connectivity index (χ2v) is 6.21. The Labute approximate surface area is 155 Å². The number of ether oxygens (including phenoxy) is 2. The minimum atomic E-state index is -0.193. The average Bonchev–Trinajstić information content (AvgIpc) is 3.37. The van der Waals surface area contributed by atoms with Crippen molar-refractivity contribution in [2.75, 3.05) is 40.4 Å². The summed E-state index contributed by atoms with van der Waals surface area (Å²) in [5.74, 6) is 1.61. The molecular formula is C17H27Cl2FN2O2. The van der Waals surface area contributed by atoms with Crippen molar-refractivity contribution in [1.29, 1.82) is 0 Å². The quantitative estimate of drug-likeness (QED) is 0.819. The third-order valence-corrected chi connectivity index (χ3v) is 4.71. The first kappa shape index (κ1) is 21.3. The summed E-state index contributed by atoms with van der Waals surface area (Å²) in [7, 11) is 3.13. The summed E-state index contributed by atoms with van der Waals surface area (Å²) in [6, 6.07) is 3.41. The standard InChI is InChI=1S/C17H25FN2O2.2ClH/c1-21-16-10-13(14(18)11-17(16)22-2)15(9-12-3-4-12)20-7-5-19-6-8-20;;/h10-12,15,19H,3-9H2,1-2H3;2*1H/t15-;;/m1../s1. The van der Waals surface area contributed by atoms with Gasteiger partial charge in [0.1, 0.15) is 5.82 Å². The molecule has 0 bridgehead atoms. The van der Waals surface area contributed by atoms with Gasteiger partial charge < -0.3 is 14.8 Å². The Morgan fingerprint density at radius 1 is 1.12 bits per heavy atom. The summed E-state index contributed by atoms with van der Waals surface area (Å²) in [5, 5.41) is 3.37. The van der Waals surface area contributed by atoms with E-state index < -0.39 is 0 Å². The van der Waals surface area contributed by atoms with Gasteiger partial charge in [0.15, 0.2) is 11.5 Å². The molecule has 0 radical (unpaired) electrons. The lowest BCUT2D eigenvalue weighted by Gasteiger charge is -2.35. The number of methoxy groups -OCH3 is 2. The third-order valence-electron chi connectivity index (χ3n) is 4.71. The summed E-state index contributed by atoms with van der Waals surface area (Å²) >= 11 is 0. The minimum Gasteiger partial charge on any atom is -0.493 e. The molecule has 1 N–H and O–H groups in total. The second kappa shape index (κ2) is 9.66. The highest BCUT2D eigenvalue weighted by atomic mass is 35.5. The number of hydrogen-bond donors (Lipinski definition) is 1. The van der Waals surface area contributed by atoms with Crippen molar-refractivity contribution in [2.45, 2.75) is 25.3 Å². The van der Waals surface area contributed by atoms with Crippen molar-refractivity contribution in [3.63, 3.8) is 0 Å². The number of nitrogens with zero attached hydrogens (tertiary/aromatic N) is 1. The predicted octanol–water partition coefficient (Wildman–Crippen LogP) is 3.43. The van der Waals surface area contributed by atoms with E-state index in [1.54, 1.807) is 7.11 Å². The maximum absolute atomic E-state index is 14.7. The summed E-state index contributed by atoms with van der Waals surface area (Å²) in [6.45, 7) is 3.86. The molecular weight excluding hydrogens is 354 g/mol. The van der Waals surface area contributed by atoms with Gasteiger partial charge in [0.25, 0.3) is 0 Å². The van der Waals surface area contributed by atoms with Crippen molar-refractivity contribution >= 4 is 24.8 Å². The van der Waals surface area contributed by atoms with Crippen LogP contribution in [0.15, 0.2) is 12.1 Å². The van der Waals surface area contributed by atoms with Crippen LogP contribution in [0.1, 0.15) is 30.9 Å². The molecule has 1 heterocycles. The highest BCUT2D eigenvalue weighted by Crippen LogP contribution is 2.42. The fourth-order valence-electron chi connectivity index (χ4n) is 3.26. The predicted molar refractivity (Wildman–Crippen MR) is 98.5 cm³/mol. The molecule has 7 heteroatoms. The Morgan fingerprint density at radius 3 is 2.25 bits per heavy atom. The maximum Gasteiger partial charge on any atom is 0.163 e. The molecule has 4 nitrogen and oxygen atoms in total. The van der Waals surface area contributed by atoms with Crippen LogP contribution in [0.2, 0.25) is 0 Å². The molecule has 1 aromatic carbocycles. The van der Waals surface area contributed by atoms with Gasteiger partial charge in [-0.2, -0.15) is 0 Å². The smallest absolute Gasteiger partial charge is 0.163 e. The van der Waals surface area contributed by atoms with Crippen molar-refractivity contribution in [2.24, 2.45) is 5.92 Å². The zero-order chi connectivity index (χ0) is 15.5. The van der Waals surface area contributed by atoms with E-state index in [4.69, 9.17) is 9.47 Å². The maximum atomic E-state index is 14.7. The van der Waals surface area contributed by atoms with Crippen molar-refractivity contribution in [3.8, 4) is 11.5 Å². The van der Waals surface area contributed by atoms with E-state index in [1.807, 2.05) is 6.07 Å². The van der Waals surface area contributed by atoms with Gasteiger partial charge in [-0.1, -0.05) is 12.8 Å². The third kappa shape index (κ3) is 4.88. The van der Waals surface area contributed by atoms with E-state index in [-0.39, 0.29) is 36.7 Å². The Bertz CT molecular complexity index is 524. The molecule has 138 valence electrons. The van der Waals surface area contributed by atoms with Crippen molar-refractivity contribution in [3.05, 3.63) is 23.5 Å². The summed E-state index contributed by atoms with van der Waals surface area (Å²) in [5.41, 5.74) is 0.742. The van der Waals surface area contributed by atoms with Gasteiger partial charge in [-0.15, -0.1) is 24.8 Å². The Kier molecular flexibility index (Phi) is 8.57. The molecule has 0 unspecified atom stereocenters. The van der Waals surface area contributed by atoms with Crippen LogP contribution >= 0.6 is 24.8 Å². The summed E-state index contributed by atoms with van der Waals surface area (Å²) in [6.07, 6.45) is 3.58. The van der Waals surface area contributed by atoms with Crippen molar-refractivity contribution in [1.82, 2.24) is 10.2 Å². The Hall–Kier alpha value is -0.750. The number of hydrogen-bond acceptors (Lipinski definition) is 4. The topological polar surface area (TPSA) is 33.7 Å². The van der Waals surface area contributed by atoms with E-state index in [9.17, 15) is 4.39 Å². The molecule has 0 amide bonds. The first-order chi connectivity index (χ1) is 10.7. The number of rotatable bonds is 6. The minimum absolute atomic E-state index is 0. The normalized spacial score (nSPS) is 19.0. The molecule has 1 saturated carbocycles. The Morgan fingerprint density at radius 2 is 1.71 bits per heavy atom. The molecule has 1 aliphatic carbocycles. The lowest BCUT2D eigenvalue weighted by Crippen LogP contribution is -2.45. The highest BCUT2D eigenvalue weighted by Gasteiger charge is 2.32. The average molecular weight is 381 g/mol. The summed E-state index contributed by atoms with van der Waals surface area (Å²) in [4.78, 5) is 2.40. The fraction of sp³-hybridized carbons (Fsp3) is 0.647. The van der Waals surface area contributed by atoms with Gasteiger partial charge in [0.2, 0.25) is 0 Å².